The van der Waals surface area contributed by atoms with Crippen LogP contribution in [0.15, 0.2) is 36.5 Å². The van der Waals surface area contributed by atoms with Gasteiger partial charge in [0.1, 0.15) is 6.61 Å². The second kappa shape index (κ2) is 46.8. The van der Waals surface area contributed by atoms with Crippen molar-refractivity contribution >= 4 is 19.8 Å². The molecule has 0 amide bonds. The summed E-state index contributed by atoms with van der Waals surface area (Å²) in [4.78, 5) is 34.9. The van der Waals surface area contributed by atoms with E-state index in [2.05, 4.69) is 50.3 Å². The molecule has 0 aromatic carbocycles. The summed E-state index contributed by atoms with van der Waals surface area (Å²) in [6.45, 7) is 5.48. The summed E-state index contributed by atoms with van der Waals surface area (Å²) in [7, 11) is -4.29. The van der Waals surface area contributed by atoms with Crippen molar-refractivity contribution in [3.63, 3.8) is 0 Å². The van der Waals surface area contributed by atoms with Gasteiger partial charge in [-0.15, -0.1) is 0 Å². The molecule has 0 heterocycles. The van der Waals surface area contributed by atoms with Gasteiger partial charge < -0.3 is 14.4 Å². The van der Waals surface area contributed by atoms with E-state index in [1.807, 2.05) is 0 Å². The number of hydrogen-bond donors (Lipinski definition) is 1. The second-order valence-electron chi connectivity index (χ2n) is 16.8. The van der Waals surface area contributed by atoms with Gasteiger partial charge in [0.05, 0.1) is 13.2 Å². The van der Waals surface area contributed by atoms with Crippen molar-refractivity contribution in [2.45, 2.75) is 258 Å². The van der Waals surface area contributed by atoms with E-state index in [0.717, 1.165) is 44.9 Å². The third kappa shape index (κ3) is 45.8. The first-order valence-electron chi connectivity index (χ1n) is 25.3. The van der Waals surface area contributed by atoms with Gasteiger partial charge in [-0.25, -0.2) is 4.57 Å². The largest absolute Gasteiger partial charge is 0.472 e. The molecular formula is C51H95O8P. The quantitative estimate of drug-likeness (QED) is 0.0279. The lowest BCUT2D eigenvalue weighted by atomic mass is 10.1. The fourth-order valence-corrected chi connectivity index (χ4v) is 7.94. The molecule has 0 aromatic rings. The average Bonchev–Trinajstić information content (AvgIpc) is 3.23. The first kappa shape index (κ1) is 58.3. The highest BCUT2D eigenvalue weighted by Gasteiger charge is 2.25. The standard InChI is InChI=1S/C51H95O8P/c1-4-7-9-11-13-15-17-19-21-23-25-26-28-29-31-33-35-37-39-41-43-45-50(52)56-47-49(48-58-60(54,55)57-6-3)59-51(53)46-44-42-40-38-36-34-32-30-27-24-22-20-18-16-14-12-10-8-5-2/h14,16,20,22-23,25,49H,4-13,15,17-19,21,24,26-48H2,1-3H3,(H,54,55)/b16-14-,22-20-,25-23-. The SMILES string of the molecule is CCCCC/C=C\C/C=C\CCCCCCCCCCCC(=O)OC(COC(=O)CCCCCCCCCCC/C=C\CCCCCCCCCC)COP(=O)(O)OCC. The van der Waals surface area contributed by atoms with Crippen molar-refractivity contribution in [3.8, 4) is 0 Å². The number of hydrogen-bond acceptors (Lipinski definition) is 7. The maximum absolute atomic E-state index is 12.6. The van der Waals surface area contributed by atoms with Gasteiger partial charge in [0.15, 0.2) is 6.10 Å². The van der Waals surface area contributed by atoms with Gasteiger partial charge in [0, 0.05) is 12.8 Å². The van der Waals surface area contributed by atoms with Crippen molar-refractivity contribution in [2.75, 3.05) is 19.8 Å². The van der Waals surface area contributed by atoms with Crippen molar-refractivity contribution in [2.24, 2.45) is 0 Å². The zero-order valence-electron chi connectivity index (χ0n) is 39.4. The number of unbranched alkanes of at least 4 members (excludes halogenated alkanes) is 29. The molecule has 0 spiro atoms. The van der Waals surface area contributed by atoms with Gasteiger partial charge in [-0.1, -0.05) is 198 Å². The molecule has 9 heteroatoms. The molecule has 0 saturated carbocycles. The molecular weight excluding hydrogens is 772 g/mol. The Bertz CT molecular complexity index is 1070. The number of allylic oxidation sites excluding steroid dienone is 6. The smallest absolute Gasteiger partial charge is 0.462 e. The maximum atomic E-state index is 12.6. The zero-order chi connectivity index (χ0) is 43.9. The highest BCUT2D eigenvalue weighted by atomic mass is 31.2. The lowest BCUT2D eigenvalue weighted by Crippen LogP contribution is -2.29. The van der Waals surface area contributed by atoms with Gasteiger partial charge in [-0.05, 0) is 77.6 Å². The van der Waals surface area contributed by atoms with Crippen LogP contribution in [-0.4, -0.2) is 42.8 Å². The topological polar surface area (TPSA) is 108 Å². The normalized spacial score (nSPS) is 13.5. The van der Waals surface area contributed by atoms with E-state index < -0.39 is 26.5 Å². The van der Waals surface area contributed by atoms with Crippen LogP contribution in [0.2, 0.25) is 0 Å². The Hall–Kier alpha value is -1.73. The van der Waals surface area contributed by atoms with Gasteiger partial charge in [0.25, 0.3) is 0 Å². The number of rotatable bonds is 47. The van der Waals surface area contributed by atoms with Gasteiger partial charge >= 0.3 is 19.8 Å². The Morgan fingerprint density at radius 1 is 0.450 bits per heavy atom. The predicted octanol–water partition coefficient (Wildman–Crippen LogP) is 16.3. The zero-order valence-corrected chi connectivity index (χ0v) is 40.3. The Morgan fingerprint density at radius 3 is 1.23 bits per heavy atom. The first-order chi connectivity index (χ1) is 29.3. The summed E-state index contributed by atoms with van der Waals surface area (Å²) in [5.41, 5.74) is 0. The van der Waals surface area contributed by atoms with E-state index in [1.54, 1.807) is 6.92 Å². The number of carbonyl (C=O) groups is 2. The van der Waals surface area contributed by atoms with Crippen molar-refractivity contribution < 1.29 is 37.6 Å². The van der Waals surface area contributed by atoms with Crippen LogP contribution >= 0.6 is 7.82 Å². The molecule has 0 aromatic heterocycles. The number of phosphoric ester groups is 1. The van der Waals surface area contributed by atoms with Crippen LogP contribution in [0, 0.1) is 0 Å². The molecule has 352 valence electrons. The number of esters is 2. The number of ether oxygens (including phenoxy) is 2. The summed E-state index contributed by atoms with van der Waals surface area (Å²) >= 11 is 0. The van der Waals surface area contributed by atoms with Crippen LogP contribution in [0.4, 0.5) is 0 Å². The van der Waals surface area contributed by atoms with E-state index in [-0.39, 0.29) is 25.6 Å². The third-order valence-electron chi connectivity index (χ3n) is 10.9. The summed E-state index contributed by atoms with van der Waals surface area (Å²) in [5.74, 6) is -0.796. The maximum Gasteiger partial charge on any atom is 0.472 e. The molecule has 8 nitrogen and oxygen atoms in total. The molecule has 2 atom stereocenters. The molecule has 0 aliphatic rings. The van der Waals surface area contributed by atoms with Crippen LogP contribution in [0.25, 0.3) is 0 Å². The molecule has 1 N–H and O–H groups in total. The first-order valence-corrected chi connectivity index (χ1v) is 26.8. The average molecular weight is 867 g/mol. The lowest BCUT2D eigenvalue weighted by Gasteiger charge is -2.19. The van der Waals surface area contributed by atoms with Crippen LogP contribution in [0.1, 0.15) is 252 Å². The molecule has 0 rings (SSSR count). The van der Waals surface area contributed by atoms with Gasteiger partial charge in [-0.2, -0.15) is 0 Å². The highest BCUT2D eigenvalue weighted by Crippen LogP contribution is 2.43. The molecule has 0 saturated heterocycles. The Balaban J connectivity index is 3.98. The Labute approximate surface area is 370 Å². The van der Waals surface area contributed by atoms with Crippen molar-refractivity contribution in [1.29, 1.82) is 0 Å². The van der Waals surface area contributed by atoms with Crippen molar-refractivity contribution in [1.82, 2.24) is 0 Å². The van der Waals surface area contributed by atoms with Gasteiger partial charge in [-0.3, -0.25) is 18.6 Å². The molecule has 0 aliphatic carbocycles. The number of carbonyl (C=O) groups excluding carboxylic acids is 2. The number of phosphoric acid groups is 1. The fraction of sp³-hybridized carbons (Fsp3) is 0.843. The molecule has 0 fully saturated rings. The predicted molar refractivity (Wildman–Crippen MR) is 253 cm³/mol. The lowest BCUT2D eigenvalue weighted by molar-refractivity contribution is -0.161. The summed E-state index contributed by atoms with van der Waals surface area (Å²) in [6.07, 6.45) is 54.9. The van der Waals surface area contributed by atoms with Crippen LogP contribution in [0.5, 0.6) is 0 Å². The summed E-state index contributed by atoms with van der Waals surface area (Å²) in [5, 5.41) is 0. The van der Waals surface area contributed by atoms with E-state index >= 15 is 0 Å². The monoisotopic (exact) mass is 867 g/mol. The minimum absolute atomic E-state index is 0.000286. The minimum atomic E-state index is -4.29. The molecule has 2 unspecified atom stereocenters. The van der Waals surface area contributed by atoms with E-state index in [4.69, 9.17) is 18.5 Å². The second-order valence-corrected chi connectivity index (χ2v) is 18.3. The minimum Gasteiger partial charge on any atom is -0.462 e. The van der Waals surface area contributed by atoms with Crippen LogP contribution < -0.4 is 0 Å². The van der Waals surface area contributed by atoms with Crippen LogP contribution in [0.3, 0.4) is 0 Å². The van der Waals surface area contributed by atoms with E-state index in [0.29, 0.717) is 12.8 Å². The molecule has 0 radical (unpaired) electrons. The van der Waals surface area contributed by atoms with E-state index in [9.17, 15) is 19.0 Å². The molecule has 0 aliphatic heterocycles. The Kier molecular flexibility index (Phi) is 45.4. The van der Waals surface area contributed by atoms with Crippen molar-refractivity contribution in [3.05, 3.63) is 36.5 Å². The molecule has 0 bridgehead atoms. The summed E-state index contributed by atoms with van der Waals surface area (Å²) in [6, 6.07) is 0. The third-order valence-corrected chi connectivity index (χ3v) is 12.0. The van der Waals surface area contributed by atoms with Crippen LogP contribution in [-0.2, 0) is 32.7 Å². The van der Waals surface area contributed by atoms with E-state index in [1.165, 1.54) is 167 Å². The highest BCUT2D eigenvalue weighted by molar-refractivity contribution is 7.47. The summed E-state index contributed by atoms with van der Waals surface area (Å²) < 4.78 is 32.8. The fourth-order valence-electron chi connectivity index (χ4n) is 7.19. The van der Waals surface area contributed by atoms with Gasteiger partial charge in [0.2, 0.25) is 0 Å². The molecule has 60 heavy (non-hydrogen) atoms. The Morgan fingerprint density at radius 2 is 0.800 bits per heavy atom.